The molecule has 1 nitrogen and oxygen atoms in total. The molecule has 0 saturated heterocycles. The monoisotopic (exact) mass is 437 g/mol. The van der Waals surface area contributed by atoms with Gasteiger partial charge in [-0.25, -0.2) is 0 Å². The molecule has 33 heavy (non-hydrogen) atoms. The summed E-state index contributed by atoms with van der Waals surface area (Å²) in [4.78, 5) is 0. The quantitative estimate of drug-likeness (QED) is 0.346. The number of para-hydroxylation sites is 1. The summed E-state index contributed by atoms with van der Waals surface area (Å²) in [5, 5.41) is 8.70. The van der Waals surface area contributed by atoms with Crippen LogP contribution in [0.4, 0.5) is 0 Å². The Hall–Kier alpha value is -3.88. The fourth-order valence-electron chi connectivity index (χ4n) is 6.19. The van der Waals surface area contributed by atoms with Gasteiger partial charge in [0.05, 0.1) is 0 Å². The largest absolute Gasteiger partial charge is 0.344 e. The Kier molecular flexibility index (Phi) is 3.85. The highest BCUT2D eigenvalue weighted by Crippen LogP contribution is 2.36. The van der Waals surface area contributed by atoms with E-state index in [1.165, 1.54) is 53.7 Å². The van der Waals surface area contributed by atoms with Gasteiger partial charge in [0, 0.05) is 28.9 Å². The number of aromatic nitrogens is 1. The van der Waals surface area contributed by atoms with Gasteiger partial charge in [-0.3, -0.25) is 0 Å². The molecule has 7 rings (SSSR count). The van der Waals surface area contributed by atoms with E-state index in [0.29, 0.717) is 0 Å². The molecule has 0 bridgehead atoms. The van der Waals surface area contributed by atoms with Gasteiger partial charge in [-0.15, -0.1) is 0 Å². The van der Waals surface area contributed by atoms with Crippen molar-refractivity contribution < 1.29 is 0 Å². The van der Waals surface area contributed by atoms with E-state index in [1.54, 1.807) is 0 Å². The topological polar surface area (TPSA) is 4.93 Å². The Morgan fingerprint density at radius 2 is 1.12 bits per heavy atom. The molecule has 2 heteroatoms. The number of benzene rings is 5. The molecule has 5 aromatic carbocycles. The standard InChI is InChI=1S/C31H23NSi/c1-32-27-18-10-8-17-26(27)30-28(32)21-20-25-24-16-9-11-19-29(24)33(31(25)30,22-12-4-2-5-13-22)23-14-6-3-7-15-23/h2-21H,1H3. The molecule has 1 aliphatic rings. The van der Waals surface area contributed by atoms with Gasteiger partial charge in [0.1, 0.15) is 0 Å². The van der Waals surface area contributed by atoms with Crippen LogP contribution in [-0.2, 0) is 7.05 Å². The van der Waals surface area contributed by atoms with Crippen molar-refractivity contribution in [3.63, 3.8) is 0 Å². The van der Waals surface area contributed by atoms with Crippen LogP contribution in [-0.4, -0.2) is 12.6 Å². The van der Waals surface area contributed by atoms with Crippen molar-refractivity contribution in [2.24, 2.45) is 7.05 Å². The second-order valence-corrected chi connectivity index (χ2v) is 12.7. The van der Waals surface area contributed by atoms with E-state index in [1.807, 2.05) is 0 Å². The molecule has 0 N–H and O–H groups in total. The van der Waals surface area contributed by atoms with E-state index >= 15 is 0 Å². The van der Waals surface area contributed by atoms with Gasteiger partial charge in [0.2, 0.25) is 0 Å². The van der Waals surface area contributed by atoms with Crippen LogP contribution in [0.15, 0.2) is 121 Å². The molecule has 0 aliphatic carbocycles. The summed E-state index contributed by atoms with van der Waals surface area (Å²) in [6.07, 6.45) is 0. The molecule has 2 heterocycles. The van der Waals surface area contributed by atoms with Gasteiger partial charge >= 0.3 is 0 Å². The van der Waals surface area contributed by atoms with E-state index in [9.17, 15) is 0 Å². The predicted molar refractivity (Wildman–Crippen MR) is 143 cm³/mol. The van der Waals surface area contributed by atoms with Crippen LogP contribution in [0.1, 0.15) is 0 Å². The van der Waals surface area contributed by atoms with Gasteiger partial charge in [-0.05, 0) is 44.0 Å². The fraction of sp³-hybridized carbons (Fsp3) is 0.0323. The third kappa shape index (κ3) is 2.31. The molecule has 0 amide bonds. The Bertz CT molecular complexity index is 1620. The summed E-state index contributed by atoms with van der Waals surface area (Å²) >= 11 is 0. The second-order valence-electron chi connectivity index (χ2n) is 8.99. The number of hydrogen-bond acceptors (Lipinski definition) is 0. The van der Waals surface area contributed by atoms with Crippen molar-refractivity contribution >= 4 is 50.6 Å². The first-order valence-electron chi connectivity index (χ1n) is 11.5. The maximum atomic E-state index is 2.39. The van der Waals surface area contributed by atoms with Crippen LogP contribution < -0.4 is 20.7 Å². The third-order valence-corrected chi connectivity index (χ3v) is 12.4. The average molecular weight is 438 g/mol. The number of hydrogen-bond donors (Lipinski definition) is 0. The summed E-state index contributed by atoms with van der Waals surface area (Å²) in [5.74, 6) is 0. The minimum Gasteiger partial charge on any atom is -0.344 e. The molecule has 0 saturated carbocycles. The number of nitrogens with zero attached hydrogens (tertiary/aromatic N) is 1. The molecule has 0 atom stereocenters. The van der Waals surface area contributed by atoms with Gasteiger partial charge in [0.15, 0.2) is 8.07 Å². The normalized spacial score (nSPS) is 13.8. The van der Waals surface area contributed by atoms with E-state index < -0.39 is 8.07 Å². The Labute approximate surface area is 194 Å². The van der Waals surface area contributed by atoms with E-state index in [0.717, 1.165) is 0 Å². The van der Waals surface area contributed by atoms with Gasteiger partial charge < -0.3 is 4.57 Å². The number of fused-ring (bicyclic) bond motifs is 7. The minimum atomic E-state index is -2.51. The first-order valence-corrected chi connectivity index (χ1v) is 13.5. The van der Waals surface area contributed by atoms with Crippen molar-refractivity contribution in [1.29, 1.82) is 0 Å². The van der Waals surface area contributed by atoms with Crippen molar-refractivity contribution in [1.82, 2.24) is 4.57 Å². The lowest BCUT2D eigenvalue weighted by molar-refractivity contribution is 1.01. The molecule has 0 spiro atoms. The number of aryl methyl sites for hydroxylation is 1. The lowest BCUT2D eigenvalue weighted by Crippen LogP contribution is -2.72. The zero-order valence-electron chi connectivity index (χ0n) is 18.5. The SMILES string of the molecule is Cn1c2ccccc2c2c3c(ccc21)-c1ccccc1[Si]3(c1ccccc1)c1ccccc1. The van der Waals surface area contributed by atoms with Crippen molar-refractivity contribution in [3.8, 4) is 11.1 Å². The van der Waals surface area contributed by atoms with Crippen LogP contribution in [0.3, 0.4) is 0 Å². The first-order chi connectivity index (χ1) is 16.3. The maximum absolute atomic E-state index is 2.51. The molecule has 6 aromatic rings. The second kappa shape index (κ2) is 6.81. The number of rotatable bonds is 2. The highest BCUT2D eigenvalue weighted by atomic mass is 28.3. The fourth-order valence-corrected chi connectivity index (χ4v) is 11.6. The van der Waals surface area contributed by atoms with Gasteiger partial charge in [-0.1, -0.05) is 109 Å². The summed E-state index contributed by atoms with van der Waals surface area (Å²) < 4.78 is 2.36. The molecular formula is C31H23NSi. The Morgan fingerprint density at radius 3 is 1.85 bits per heavy atom. The van der Waals surface area contributed by atoms with Crippen LogP contribution >= 0.6 is 0 Å². The van der Waals surface area contributed by atoms with Crippen molar-refractivity contribution in [2.45, 2.75) is 0 Å². The van der Waals surface area contributed by atoms with Gasteiger partial charge in [-0.2, -0.15) is 0 Å². The molecular weight excluding hydrogens is 414 g/mol. The van der Waals surface area contributed by atoms with Crippen molar-refractivity contribution in [2.75, 3.05) is 0 Å². The maximum Gasteiger partial charge on any atom is 0.181 e. The lowest BCUT2D eigenvalue weighted by Gasteiger charge is -2.32. The highest BCUT2D eigenvalue weighted by molar-refractivity contribution is 7.23. The molecule has 0 fully saturated rings. The van der Waals surface area contributed by atoms with Crippen LogP contribution in [0.25, 0.3) is 32.9 Å². The molecule has 1 aromatic heterocycles. The Morgan fingerprint density at radius 1 is 0.515 bits per heavy atom. The minimum absolute atomic E-state index is 1.29. The van der Waals surface area contributed by atoms with Crippen LogP contribution in [0, 0.1) is 0 Å². The zero-order chi connectivity index (χ0) is 22.0. The van der Waals surface area contributed by atoms with Gasteiger partial charge in [0.25, 0.3) is 0 Å². The summed E-state index contributed by atoms with van der Waals surface area (Å²) in [7, 11) is -0.306. The predicted octanol–water partition coefficient (Wildman–Crippen LogP) is 4.69. The molecule has 1 aliphatic heterocycles. The van der Waals surface area contributed by atoms with E-state index in [-0.39, 0.29) is 0 Å². The van der Waals surface area contributed by atoms with E-state index in [2.05, 4.69) is 133 Å². The Balaban J connectivity index is 1.79. The molecule has 0 radical (unpaired) electrons. The molecule has 156 valence electrons. The summed E-state index contributed by atoms with van der Waals surface area (Å²) in [6, 6.07) is 45.2. The first kappa shape index (κ1) is 18.7. The van der Waals surface area contributed by atoms with Crippen LogP contribution in [0.5, 0.6) is 0 Å². The lowest BCUT2D eigenvalue weighted by atomic mass is 10.0. The van der Waals surface area contributed by atoms with Crippen LogP contribution in [0.2, 0.25) is 0 Å². The van der Waals surface area contributed by atoms with Crippen molar-refractivity contribution in [3.05, 3.63) is 121 Å². The third-order valence-electron chi connectivity index (χ3n) is 7.49. The zero-order valence-corrected chi connectivity index (χ0v) is 19.5. The summed E-state index contributed by atoms with van der Waals surface area (Å²) in [6.45, 7) is 0. The molecule has 0 unspecified atom stereocenters. The highest BCUT2D eigenvalue weighted by Gasteiger charge is 2.49. The van der Waals surface area contributed by atoms with E-state index in [4.69, 9.17) is 0 Å². The summed E-state index contributed by atoms with van der Waals surface area (Å²) in [5.41, 5.74) is 5.39. The average Bonchev–Trinajstić information content (AvgIpc) is 3.36. The smallest absolute Gasteiger partial charge is 0.181 e.